The first-order chi connectivity index (χ1) is 14.3. The lowest BCUT2D eigenvalue weighted by atomic mass is 9.92. The molecule has 2 fully saturated rings. The number of sulfonamides is 1. The van der Waals surface area contributed by atoms with Crippen molar-refractivity contribution in [2.75, 3.05) is 19.3 Å². The molecule has 1 heterocycles. The third-order valence-corrected chi connectivity index (χ3v) is 6.91. The lowest BCUT2D eigenvalue weighted by Gasteiger charge is -2.29. The fourth-order valence-corrected chi connectivity index (χ4v) is 5.53. The van der Waals surface area contributed by atoms with Crippen LogP contribution < -0.4 is 10.0 Å². The molecule has 0 radical (unpaired) electrons. The number of urea groups is 1. The summed E-state index contributed by atoms with van der Waals surface area (Å²) in [5.41, 5.74) is 3.20. The maximum atomic E-state index is 12.8. The SMILES string of the molecule is CCNC(=O)N1CC2(CC2)C(NS(C)(=O)=O)C1Cc1cccc(-c2ccccc2)c1. The Hall–Kier alpha value is -2.38. The van der Waals surface area contributed by atoms with E-state index in [1.807, 2.05) is 36.1 Å². The van der Waals surface area contributed by atoms with E-state index in [0.29, 0.717) is 19.5 Å². The summed E-state index contributed by atoms with van der Waals surface area (Å²) in [5, 5.41) is 2.90. The minimum absolute atomic E-state index is 0.120. The van der Waals surface area contributed by atoms with Gasteiger partial charge in [0.25, 0.3) is 0 Å². The Balaban J connectivity index is 1.65. The van der Waals surface area contributed by atoms with Gasteiger partial charge in [-0.15, -0.1) is 0 Å². The third kappa shape index (κ3) is 4.37. The first-order valence-electron chi connectivity index (χ1n) is 10.5. The maximum Gasteiger partial charge on any atom is 0.317 e. The molecule has 2 N–H and O–H groups in total. The molecule has 6 nitrogen and oxygen atoms in total. The predicted molar refractivity (Wildman–Crippen MR) is 119 cm³/mol. The maximum absolute atomic E-state index is 12.8. The Bertz CT molecular complexity index is 1020. The monoisotopic (exact) mass is 427 g/mol. The zero-order valence-corrected chi connectivity index (χ0v) is 18.3. The zero-order valence-electron chi connectivity index (χ0n) is 17.5. The number of hydrogen-bond acceptors (Lipinski definition) is 3. The van der Waals surface area contributed by atoms with E-state index < -0.39 is 10.0 Å². The molecule has 2 amide bonds. The quantitative estimate of drug-likeness (QED) is 0.744. The van der Waals surface area contributed by atoms with Gasteiger partial charge in [-0.25, -0.2) is 17.9 Å². The minimum Gasteiger partial charge on any atom is -0.338 e. The molecule has 1 spiro atoms. The van der Waals surface area contributed by atoms with Crippen molar-refractivity contribution in [3.63, 3.8) is 0 Å². The van der Waals surface area contributed by atoms with Gasteiger partial charge in [0.05, 0.1) is 12.3 Å². The zero-order chi connectivity index (χ0) is 21.4. The fraction of sp³-hybridized carbons (Fsp3) is 0.435. The van der Waals surface area contributed by atoms with Crippen molar-refractivity contribution in [1.29, 1.82) is 0 Å². The Morgan fingerprint density at radius 1 is 1.10 bits per heavy atom. The van der Waals surface area contributed by atoms with Gasteiger partial charge in [0, 0.05) is 24.5 Å². The molecule has 2 unspecified atom stereocenters. The summed E-state index contributed by atoms with van der Waals surface area (Å²) < 4.78 is 27.1. The predicted octanol–water partition coefficient (Wildman–Crippen LogP) is 3.01. The average Bonchev–Trinajstić information content (AvgIpc) is 3.44. The number of benzene rings is 2. The van der Waals surface area contributed by atoms with Gasteiger partial charge < -0.3 is 10.2 Å². The molecule has 2 atom stereocenters. The third-order valence-electron chi connectivity index (χ3n) is 6.23. The Morgan fingerprint density at radius 3 is 2.43 bits per heavy atom. The summed E-state index contributed by atoms with van der Waals surface area (Å²) >= 11 is 0. The van der Waals surface area contributed by atoms with Gasteiger partial charge in [-0.2, -0.15) is 0 Å². The van der Waals surface area contributed by atoms with Crippen molar-refractivity contribution in [1.82, 2.24) is 14.9 Å². The van der Waals surface area contributed by atoms with Crippen LogP contribution in [-0.4, -0.2) is 50.8 Å². The van der Waals surface area contributed by atoms with Crippen LogP contribution in [0.15, 0.2) is 54.6 Å². The van der Waals surface area contributed by atoms with E-state index in [1.54, 1.807) is 0 Å². The van der Waals surface area contributed by atoms with Crippen molar-refractivity contribution in [3.05, 3.63) is 60.2 Å². The summed E-state index contributed by atoms with van der Waals surface area (Å²) in [7, 11) is -3.38. The Kier molecular flexibility index (Phi) is 5.59. The number of likely N-dealkylation sites (tertiary alicyclic amines) is 1. The van der Waals surface area contributed by atoms with Gasteiger partial charge in [-0.05, 0) is 42.9 Å². The van der Waals surface area contributed by atoms with E-state index in [0.717, 1.165) is 29.5 Å². The van der Waals surface area contributed by atoms with Crippen molar-refractivity contribution >= 4 is 16.1 Å². The first-order valence-corrected chi connectivity index (χ1v) is 12.4. The fourth-order valence-electron chi connectivity index (χ4n) is 4.66. The van der Waals surface area contributed by atoms with Gasteiger partial charge >= 0.3 is 6.03 Å². The van der Waals surface area contributed by atoms with E-state index in [1.165, 1.54) is 6.26 Å². The van der Waals surface area contributed by atoms with E-state index in [4.69, 9.17) is 0 Å². The molecular formula is C23H29N3O3S. The molecule has 7 heteroatoms. The number of carbonyl (C=O) groups is 1. The smallest absolute Gasteiger partial charge is 0.317 e. The second-order valence-electron chi connectivity index (χ2n) is 8.53. The van der Waals surface area contributed by atoms with Crippen LogP contribution in [0.4, 0.5) is 4.79 Å². The van der Waals surface area contributed by atoms with Crippen LogP contribution in [0, 0.1) is 5.41 Å². The largest absolute Gasteiger partial charge is 0.338 e. The van der Waals surface area contributed by atoms with Crippen LogP contribution in [0.1, 0.15) is 25.3 Å². The highest BCUT2D eigenvalue weighted by Crippen LogP contribution is 2.55. The van der Waals surface area contributed by atoms with Crippen LogP contribution in [0.3, 0.4) is 0 Å². The van der Waals surface area contributed by atoms with Crippen LogP contribution in [0.5, 0.6) is 0 Å². The van der Waals surface area contributed by atoms with Crippen molar-refractivity contribution in [2.24, 2.45) is 5.41 Å². The number of nitrogens with one attached hydrogen (secondary N) is 2. The highest BCUT2D eigenvalue weighted by atomic mass is 32.2. The van der Waals surface area contributed by atoms with Crippen molar-refractivity contribution in [2.45, 2.75) is 38.3 Å². The average molecular weight is 428 g/mol. The van der Waals surface area contributed by atoms with E-state index in [2.05, 4.69) is 40.4 Å². The molecule has 2 aliphatic rings. The molecule has 1 aliphatic carbocycles. The summed E-state index contributed by atoms with van der Waals surface area (Å²) in [5.74, 6) is 0. The molecule has 1 saturated carbocycles. The highest BCUT2D eigenvalue weighted by molar-refractivity contribution is 7.88. The van der Waals surface area contributed by atoms with Crippen LogP contribution >= 0.6 is 0 Å². The standard InChI is InChI=1S/C23H29N3O3S/c1-3-24-22(27)26-16-23(12-13-23)21(25-30(2,28)29)20(26)15-17-8-7-11-19(14-17)18-9-5-4-6-10-18/h4-11,14,20-21,25H,3,12-13,15-16H2,1-2H3,(H,24,27). The second kappa shape index (κ2) is 8.04. The van der Waals surface area contributed by atoms with Gasteiger partial charge in [0.2, 0.25) is 10.0 Å². The van der Waals surface area contributed by atoms with Gasteiger partial charge in [0.1, 0.15) is 0 Å². The van der Waals surface area contributed by atoms with Crippen molar-refractivity contribution < 1.29 is 13.2 Å². The molecule has 0 bridgehead atoms. The molecule has 4 rings (SSSR count). The summed E-state index contributed by atoms with van der Waals surface area (Å²) in [6.45, 7) is 3.03. The topological polar surface area (TPSA) is 78.5 Å². The second-order valence-corrected chi connectivity index (χ2v) is 10.3. The van der Waals surface area contributed by atoms with Crippen LogP contribution in [0.25, 0.3) is 11.1 Å². The lowest BCUT2D eigenvalue weighted by molar-refractivity contribution is 0.189. The van der Waals surface area contributed by atoms with Gasteiger partial charge in [-0.1, -0.05) is 54.6 Å². The van der Waals surface area contributed by atoms with Crippen molar-refractivity contribution in [3.8, 4) is 11.1 Å². The molecule has 30 heavy (non-hydrogen) atoms. The highest BCUT2D eigenvalue weighted by Gasteiger charge is 2.61. The number of amides is 2. The molecule has 1 saturated heterocycles. The van der Waals surface area contributed by atoms with Crippen LogP contribution in [-0.2, 0) is 16.4 Å². The Labute approximate surface area is 178 Å². The summed E-state index contributed by atoms with van der Waals surface area (Å²) in [6.07, 6.45) is 3.69. The van der Waals surface area contributed by atoms with Gasteiger partial charge in [-0.3, -0.25) is 0 Å². The molecule has 2 aromatic rings. The molecule has 1 aliphatic heterocycles. The number of nitrogens with zero attached hydrogens (tertiary/aromatic N) is 1. The summed E-state index contributed by atoms with van der Waals surface area (Å²) in [6, 6.07) is 17.8. The molecule has 2 aromatic carbocycles. The minimum atomic E-state index is -3.38. The first kappa shape index (κ1) is 20.9. The number of rotatable bonds is 6. The van der Waals surface area contributed by atoms with E-state index in [9.17, 15) is 13.2 Å². The van der Waals surface area contributed by atoms with Crippen LogP contribution in [0.2, 0.25) is 0 Å². The van der Waals surface area contributed by atoms with E-state index in [-0.39, 0.29) is 23.5 Å². The number of carbonyl (C=O) groups excluding carboxylic acids is 1. The molecular weight excluding hydrogens is 398 g/mol. The van der Waals surface area contributed by atoms with Gasteiger partial charge in [0.15, 0.2) is 0 Å². The molecule has 0 aromatic heterocycles. The molecule has 160 valence electrons. The van der Waals surface area contributed by atoms with E-state index >= 15 is 0 Å². The summed E-state index contributed by atoms with van der Waals surface area (Å²) in [4.78, 5) is 14.6. The lowest BCUT2D eigenvalue weighted by Crippen LogP contribution is -2.51. The Morgan fingerprint density at radius 2 is 1.80 bits per heavy atom. The normalized spacial score (nSPS) is 22.3. The number of hydrogen-bond donors (Lipinski definition) is 2.